The monoisotopic (exact) mass is 482 g/mol. The quantitative estimate of drug-likeness (QED) is 0.557. The highest BCUT2D eigenvalue weighted by atomic mass is 127. The SMILES string of the molecule is Cc1cc(I)ccc1NC(=O)Cn1cnc2sc(C(N)=O)c(C)c2c1=O. The summed E-state index contributed by atoms with van der Waals surface area (Å²) in [6.45, 7) is 3.38. The third-order valence-corrected chi connectivity index (χ3v) is 5.80. The lowest BCUT2D eigenvalue weighted by Crippen LogP contribution is -2.28. The molecule has 0 spiro atoms. The van der Waals surface area contributed by atoms with Crippen molar-refractivity contribution >= 4 is 61.6 Å². The first-order chi connectivity index (χ1) is 12.3. The lowest BCUT2D eigenvalue weighted by Gasteiger charge is -2.10. The molecule has 0 saturated heterocycles. The van der Waals surface area contributed by atoms with E-state index in [0.717, 1.165) is 20.5 Å². The summed E-state index contributed by atoms with van der Waals surface area (Å²) >= 11 is 3.28. The third kappa shape index (κ3) is 3.49. The van der Waals surface area contributed by atoms with Gasteiger partial charge < -0.3 is 11.1 Å². The number of anilines is 1. The molecule has 9 heteroatoms. The van der Waals surface area contributed by atoms with Crippen LogP contribution >= 0.6 is 33.9 Å². The molecule has 0 unspecified atom stereocenters. The van der Waals surface area contributed by atoms with E-state index in [9.17, 15) is 14.4 Å². The zero-order chi connectivity index (χ0) is 19.0. The summed E-state index contributed by atoms with van der Waals surface area (Å²) in [5.41, 5.74) is 7.09. The molecule has 2 heterocycles. The number of thiophene rings is 1. The molecule has 0 aliphatic heterocycles. The van der Waals surface area contributed by atoms with Gasteiger partial charge in [-0.3, -0.25) is 19.0 Å². The van der Waals surface area contributed by atoms with E-state index >= 15 is 0 Å². The lowest BCUT2D eigenvalue weighted by atomic mass is 10.2. The molecule has 7 nitrogen and oxygen atoms in total. The Morgan fingerprint density at radius 3 is 2.73 bits per heavy atom. The van der Waals surface area contributed by atoms with E-state index < -0.39 is 5.91 Å². The molecule has 0 fully saturated rings. The summed E-state index contributed by atoms with van der Waals surface area (Å²) in [4.78, 5) is 41.4. The molecule has 0 aliphatic carbocycles. The molecule has 1 aromatic carbocycles. The largest absolute Gasteiger partial charge is 0.365 e. The van der Waals surface area contributed by atoms with Crippen LogP contribution < -0.4 is 16.6 Å². The highest BCUT2D eigenvalue weighted by Crippen LogP contribution is 2.26. The van der Waals surface area contributed by atoms with Gasteiger partial charge in [-0.15, -0.1) is 11.3 Å². The number of benzene rings is 1. The normalized spacial score (nSPS) is 10.9. The van der Waals surface area contributed by atoms with Gasteiger partial charge >= 0.3 is 0 Å². The number of hydrogen-bond acceptors (Lipinski definition) is 5. The van der Waals surface area contributed by atoms with Crippen LogP contribution in [0.5, 0.6) is 0 Å². The van der Waals surface area contributed by atoms with Crippen LogP contribution in [0.15, 0.2) is 29.3 Å². The molecule has 2 aromatic heterocycles. The van der Waals surface area contributed by atoms with Crippen molar-refractivity contribution in [1.29, 1.82) is 0 Å². The minimum atomic E-state index is -0.594. The van der Waals surface area contributed by atoms with Gasteiger partial charge in [0.1, 0.15) is 11.4 Å². The Hall–Kier alpha value is -2.27. The second-order valence-electron chi connectivity index (χ2n) is 5.79. The maximum Gasteiger partial charge on any atom is 0.262 e. The van der Waals surface area contributed by atoms with E-state index in [-0.39, 0.29) is 18.0 Å². The minimum absolute atomic E-state index is 0.172. The summed E-state index contributed by atoms with van der Waals surface area (Å²) in [6, 6.07) is 5.67. The van der Waals surface area contributed by atoms with Crippen molar-refractivity contribution in [3.8, 4) is 0 Å². The van der Waals surface area contributed by atoms with E-state index in [1.165, 1.54) is 10.9 Å². The molecule has 0 bridgehead atoms. The number of carbonyl (C=O) groups excluding carboxylic acids is 2. The second-order valence-corrected chi connectivity index (χ2v) is 8.03. The highest BCUT2D eigenvalue weighted by Gasteiger charge is 2.18. The van der Waals surface area contributed by atoms with Crippen LogP contribution in [0, 0.1) is 17.4 Å². The molecular weight excluding hydrogens is 467 g/mol. The number of nitrogens with two attached hydrogens (primary N) is 1. The zero-order valence-electron chi connectivity index (χ0n) is 14.0. The fourth-order valence-corrected chi connectivity index (χ4v) is 4.26. The molecule has 26 heavy (non-hydrogen) atoms. The number of fused-ring (bicyclic) bond motifs is 1. The molecular formula is C17H15IN4O3S. The molecule has 0 atom stereocenters. The average molecular weight is 482 g/mol. The number of rotatable bonds is 4. The summed E-state index contributed by atoms with van der Waals surface area (Å²) < 4.78 is 2.30. The van der Waals surface area contributed by atoms with Gasteiger partial charge in [-0.2, -0.15) is 0 Å². The molecule has 0 radical (unpaired) electrons. The molecule has 3 rings (SSSR count). The lowest BCUT2D eigenvalue weighted by molar-refractivity contribution is -0.116. The Morgan fingerprint density at radius 1 is 1.35 bits per heavy atom. The van der Waals surface area contributed by atoms with Gasteiger partial charge in [0.15, 0.2) is 0 Å². The van der Waals surface area contributed by atoms with E-state index in [0.29, 0.717) is 26.3 Å². The van der Waals surface area contributed by atoms with E-state index in [4.69, 9.17) is 5.73 Å². The van der Waals surface area contributed by atoms with Gasteiger partial charge in [-0.05, 0) is 65.8 Å². The predicted molar refractivity (Wildman–Crippen MR) is 110 cm³/mol. The van der Waals surface area contributed by atoms with Crippen molar-refractivity contribution in [2.24, 2.45) is 5.73 Å². The van der Waals surface area contributed by atoms with Crippen molar-refractivity contribution in [2.45, 2.75) is 20.4 Å². The number of aromatic nitrogens is 2. The van der Waals surface area contributed by atoms with Crippen LogP contribution in [0.25, 0.3) is 10.2 Å². The molecule has 0 aliphatic rings. The van der Waals surface area contributed by atoms with Gasteiger partial charge in [0.2, 0.25) is 5.91 Å². The number of primary amides is 1. The average Bonchev–Trinajstić information content (AvgIpc) is 2.91. The van der Waals surface area contributed by atoms with E-state index in [1.807, 2.05) is 25.1 Å². The number of aryl methyl sites for hydroxylation is 2. The summed E-state index contributed by atoms with van der Waals surface area (Å²) in [7, 11) is 0. The van der Waals surface area contributed by atoms with Crippen molar-refractivity contribution in [3.63, 3.8) is 0 Å². The van der Waals surface area contributed by atoms with Gasteiger partial charge in [-0.25, -0.2) is 4.98 Å². The molecule has 3 aromatic rings. The van der Waals surface area contributed by atoms with Crippen LogP contribution in [0.2, 0.25) is 0 Å². The van der Waals surface area contributed by atoms with Crippen molar-refractivity contribution in [1.82, 2.24) is 9.55 Å². The maximum absolute atomic E-state index is 12.7. The zero-order valence-corrected chi connectivity index (χ0v) is 17.0. The van der Waals surface area contributed by atoms with Crippen LogP contribution in [-0.4, -0.2) is 21.4 Å². The van der Waals surface area contributed by atoms with Crippen LogP contribution in [0.4, 0.5) is 5.69 Å². The first-order valence-electron chi connectivity index (χ1n) is 7.62. The Labute approximate surface area is 166 Å². The topological polar surface area (TPSA) is 107 Å². The Kier molecular flexibility index (Phi) is 5.10. The van der Waals surface area contributed by atoms with Gasteiger partial charge in [0.05, 0.1) is 16.6 Å². The smallest absolute Gasteiger partial charge is 0.262 e. The number of hydrogen-bond donors (Lipinski definition) is 2. The van der Waals surface area contributed by atoms with Crippen LogP contribution in [-0.2, 0) is 11.3 Å². The van der Waals surface area contributed by atoms with E-state index in [2.05, 4.69) is 32.9 Å². The molecule has 134 valence electrons. The first-order valence-corrected chi connectivity index (χ1v) is 9.51. The summed E-state index contributed by atoms with van der Waals surface area (Å²) in [5.74, 6) is -0.927. The Balaban J connectivity index is 1.90. The third-order valence-electron chi connectivity index (χ3n) is 3.92. The molecule has 3 N–H and O–H groups in total. The second kappa shape index (κ2) is 7.16. The Morgan fingerprint density at radius 2 is 2.08 bits per heavy atom. The van der Waals surface area contributed by atoms with Crippen LogP contribution in [0.3, 0.4) is 0 Å². The number of carbonyl (C=O) groups is 2. The van der Waals surface area contributed by atoms with Crippen molar-refractivity contribution in [2.75, 3.05) is 5.32 Å². The standard InChI is InChI=1S/C17H15IN4O3S/c1-8-5-10(18)3-4-11(8)21-12(23)6-22-7-20-16-13(17(22)25)9(2)14(26-16)15(19)24/h3-5,7H,6H2,1-2H3,(H2,19,24)(H,21,23). The number of halogens is 1. The van der Waals surface area contributed by atoms with Crippen molar-refractivity contribution < 1.29 is 9.59 Å². The fraction of sp³-hybridized carbons (Fsp3) is 0.176. The van der Waals surface area contributed by atoms with Gasteiger partial charge in [0, 0.05) is 9.26 Å². The number of nitrogens with one attached hydrogen (secondary N) is 1. The van der Waals surface area contributed by atoms with Crippen molar-refractivity contribution in [3.05, 3.63) is 54.5 Å². The molecule has 0 saturated carbocycles. The number of amides is 2. The van der Waals surface area contributed by atoms with Crippen LogP contribution in [0.1, 0.15) is 20.8 Å². The maximum atomic E-state index is 12.7. The first kappa shape index (κ1) is 18.5. The summed E-state index contributed by atoms with van der Waals surface area (Å²) in [5, 5.41) is 3.12. The highest BCUT2D eigenvalue weighted by molar-refractivity contribution is 14.1. The van der Waals surface area contributed by atoms with E-state index in [1.54, 1.807) is 6.92 Å². The van der Waals surface area contributed by atoms with Gasteiger partial charge in [0.25, 0.3) is 11.5 Å². The Bertz CT molecular complexity index is 1100. The predicted octanol–water partition coefficient (Wildman–Crippen LogP) is 2.42. The minimum Gasteiger partial charge on any atom is -0.365 e. The van der Waals surface area contributed by atoms with Gasteiger partial charge in [-0.1, -0.05) is 0 Å². The summed E-state index contributed by atoms with van der Waals surface area (Å²) in [6.07, 6.45) is 1.31. The molecule has 2 amide bonds. The fourth-order valence-electron chi connectivity index (χ4n) is 2.62. The number of nitrogens with zero attached hydrogens (tertiary/aromatic N) is 2.